The zero-order valence-electron chi connectivity index (χ0n) is 11.3. The zero-order valence-corrected chi connectivity index (χ0v) is 11.3. The van der Waals surface area contributed by atoms with Crippen molar-refractivity contribution in [3.63, 3.8) is 0 Å². The molecule has 1 aliphatic rings. The molecule has 0 amide bonds. The molecular weight excluding hydrogens is 210 g/mol. The molecule has 2 rings (SSSR count). The number of hydrogen-bond donors (Lipinski definition) is 2. The van der Waals surface area contributed by atoms with Gasteiger partial charge in [-0.05, 0) is 19.4 Å². The number of benzene rings is 1. The molecule has 0 aromatic heterocycles. The molecule has 0 aliphatic carbocycles. The van der Waals surface area contributed by atoms with Gasteiger partial charge < -0.3 is 10.0 Å². The molecule has 1 fully saturated rings. The van der Waals surface area contributed by atoms with Crippen LogP contribution in [0.1, 0.15) is 32.8 Å². The van der Waals surface area contributed by atoms with Crippen molar-refractivity contribution < 1.29 is 10.0 Å². The van der Waals surface area contributed by atoms with Crippen LogP contribution >= 0.6 is 0 Å². The first kappa shape index (κ1) is 12.6. The van der Waals surface area contributed by atoms with Gasteiger partial charge in [-0.15, -0.1) is 0 Å². The van der Waals surface area contributed by atoms with Crippen LogP contribution in [0, 0.1) is 5.92 Å². The van der Waals surface area contributed by atoms with Crippen LogP contribution in [0.5, 0.6) is 0 Å². The molecule has 1 aromatic carbocycles. The Morgan fingerprint density at radius 3 is 2.41 bits per heavy atom. The zero-order chi connectivity index (χ0) is 12.7. The van der Waals surface area contributed by atoms with E-state index in [0.29, 0.717) is 0 Å². The summed E-state index contributed by atoms with van der Waals surface area (Å²) >= 11 is 0. The highest BCUT2D eigenvalue weighted by atomic mass is 16.3. The van der Waals surface area contributed by atoms with Crippen LogP contribution in [0.2, 0.25) is 0 Å². The lowest BCUT2D eigenvalue weighted by Gasteiger charge is -2.48. The minimum Gasteiger partial charge on any atom is -0.384 e. The fourth-order valence-corrected chi connectivity index (χ4v) is 3.02. The van der Waals surface area contributed by atoms with Gasteiger partial charge in [-0.3, -0.25) is 0 Å². The van der Waals surface area contributed by atoms with E-state index < -0.39 is 5.60 Å². The Morgan fingerprint density at radius 1 is 1.24 bits per heavy atom. The lowest BCUT2D eigenvalue weighted by Crippen LogP contribution is -3.19. The van der Waals surface area contributed by atoms with Crippen molar-refractivity contribution in [3.05, 3.63) is 35.9 Å². The monoisotopic (exact) mass is 234 g/mol. The van der Waals surface area contributed by atoms with Gasteiger partial charge in [0.2, 0.25) is 0 Å². The fourth-order valence-electron chi connectivity index (χ4n) is 3.02. The van der Waals surface area contributed by atoms with E-state index in [4.69, 9.17) is 0 Å². The van der Waals surface area contributed by atoms with Crippen molar-refractivity contribution in [2.45, 2.75) is 38.3 Å². The van der Waals surface area contributed by atoms with Gasteiger partial charge in [0.05, 0.1) is 19.1 Å². The third kappa shape index (κ3) is 2.12. The molecule has 0 saturated carbocycles. The summed E-state index contributed by atoms with van der Waals surface area (Å²) in [5, 5.41) is 11.1. The minimum absolute atomic E-state index is 0.122. The number of nitrogens with one attached hydrogen (secondary N) is 1. The predicted octanol–water partition coefficient (Wildman–Crippen LogP) is 1.21. The number of rotatable bonds is 1. The molecule has 1 aliphatic heterocycles. The van der Waals surface area contributed by atoms with Crippen LogP contribution in [-0.2, 0) is 5.60 Å². The van der Waals surface area contributed by atoms with E-state index >= 15 is 0 Å². The summed E-state index contributed by atoms with van der Waals surface area (Å²) in [6.45, 7) is 7.65. The van der Waals surface area contributed by atoms with Crippen molar-refractivity contribution >= 4 is 0 Å². The van der Waals surface area contributed by atoms with Crippen LogP contribution in [0.25, 0.3) is 0 Å². The summed E-state index contributed by atoms with van der Waals surface area (Å²) in [5.41, 5.74) is 0.509. The second kappa shape index (κ2) is 4.11. The SMILES string of the molecule is C[C@H]1C[NH+](C)C(C)(C)C[C@]1(O)c1ccccc1. The molecule has 3 atom stereocenters. The maximum Gasteiger partial charge on any atom is 0.103 e. The summed E-state index contributed by atoms with van der Waals surface area (Å²) in [7, 11) is 2.22. The van der Waals surface area contributed by atoms with Gasteiger partial charge in [0.25, 0.3) is 0 Å². The molecular formula is C15H24NO+. The summed E-state index contributed by atoms with van der Waals surface area (Å²) in [6, 6.07) is 10.1. The molecule has 17 heavy (non-hydrogen) atoms. The van der Waals surface area contributed by atoms with Gasteiger partial charge >= 0.3 is 0 Å². The first-order valence-corrected chi connectivity index (χ1v) is 6.47. The third-order valence-electron chi connectivity index (χ3n) is 4.57. The second-order valence-corrected chi connectivity index (χ2v) is 6.24. The highest BCUT2D eigenvalue weighted by Crippen LogP contribution is 2.38. The number of piperidine rings is 1. The molecule has 1 heterocycles. The number of hydrogen-bond acceptors (Lipinski definition) is 1. The maximum absolute atomic E-state index is 11.1. The lowest BCUT2D eigenvalue weighted by molar-refractivity contribution is -0.942. The molecule has 2 heteroatoms. The molecule has 1 aromatic rings. The van der Waals surface area contributed by atoms with Crippen molar-refractivity contribution in [2.24, 2.45) is 5.92 Å². The van der Waals surface area contributed by atoms with Gasteiger partial charge in [-0.1, -0.05) is 37.3 Å². The minimum atomic E-state index is -0.676. The van der Waals surface area contributed by atoms with Crippen LogP contribution in [-0.4, -0.2) is 24.2 Å². The van der Waals surface area contributed by atoms with Crippen molar-refractivity contribution in [1.29, 1.82) is 0 Å². The van der Waals surface area contributed by atoms with E-state index in [0.717, 1.165) is 18.5 Å². The number of likely N-dealkylation sites (tertiary alicyclic amines) is 1. The predicted molar refractivity (Wildman–Crippen MR) is 70.0 cm³/mol. The standard InChI is InChI=1S/C15H23NO/c1-12-10-16(4)14(2,3)11-15(12,17)13-8-6-5-7-9-13/h5-9,12,17H,10-11H2,1-4H3/p+1/t12-,15+/m0/s1. The molecule has 0 radical (unpaired) electrons. The van der Waals surface area contributed by atoms with E-state index in [-0.39, 0.29) is 11.5 Å². The van der Waals surface area contributed by atoms with Gasteiger partial charge in [0.1, 0.15) is 5.60 Å². The molecule has 2 N–H and O–H groups in total. The maximum atomic E-state index is 11.1. The lowest BCUT2D eigenvalue weighted by atomic mass is 9.70. The van der Waals surface area contributed by atoms with Crippen LogP contribution in [0.4, 0.5) is 0 Å². The molecule has 0 spiro atoms. The van der Waals surface area contributed by atoms with Crippen LogP contribution < -0.4 is 4.90 Å². The smallest absolute Gasteiger partial charge is 0.103 e. The molecule has 94 valence electrons. The van der Waals surface area contributed by atoms with E-state index in [1.54, 1.807) is 0 Å². The van der Waals surface area contributed by atoms with Gasteiger partial charge in [-0.2, -0.15) is 0 Å². The molecule has 1 unspecified atom stereocenters. The Kier molecular flexibility index (Phi) is 3.04. The Hall–Kier alpha value is -0.860. The molecule has 0 bridgehead atoms. The van der Waals surface area contributed by atoms with E-state index in [2.05, 4.69) is 27.8 Å². The van der Waals surface area contributed by atoms with Crippen molar-refractivity contribution in [3.8, 4) is 0 Å². The number of aliphatic hydroxyl groups is 1. The Morgan fingerprint density at radius 2 is 1.82 bits per heavy atom. The largest absolute Gasteiger partial charge is 0.384 e. The van der Waals surface area contributed by atoms with Gasteiger partial charge in [0.15, 0.2) is 0 Å². The fraction of sp³-hybridized carbons (Fsp3) is 0.600. The first-order valence-electron chi connectivity index (χ1n) is 6.47. The third-order valence-corrected chi connectivity index (χ3v) is 4.57. The first-order chi connectivity index (χ1) is 7.86. The highest BCUT2D eigenvalue weighted by Gasteiger charge is 2.49. The van der Waals surface area contributed by atoms with E-state index in [1.165, 1.54) is 4.90 Å². The van der Waals surface area contributed by atoms with E-state index in [1.807, 2.05) is 30.3 Å². The Bertz CT molecular complexity index is 387. The van der Waals surface area contributed by atoms with Crippen molar-refractivity contribution in [2.75, 3.05) is 13.6 Å². The number of quaternary nitrogens is 1. The van der Waals surface area contributed by atoms with Crippen molar-refractivity contribution in [1.82, 2.24) is 0 Å². The summed E-state index contributed by atoms with van der Waals surface area (Å²) in [5.74, 6) is 0.290. The second-order valence-electron chi connectivity index (χ2n) is 6.24. The Balaban J connectivity index is 2.37. The quantitative estimate of drug-likeness (QED) is 0.750. The topological polar surface area (TPSA) is 24.7 Å². The molecule has 1 saturated heterocycles. The summed E-state index contributed by atoms with van der Waals surface area (Å²) < 4.78 is 0. The van der Waals surface area contributed by atoms with Crippen LogP contribution in [0.15, 0.2) is 30.3 Å². The average molecular weight is 234 g/mol. The Labute approximate surface area is 104 Å². The van der Waals surface area contributed by atoms with Gasteiger partial charge in [0, 0.05) is 12.3 Å². The summed E-state index contributed by atoms with van der Waals surface area (Å²) in [4.78, 5) is 1.51. The average Bonchev–Trinajstić information content (AvgIpc) is 2.27. The van der Waals surface area contributed by atoms with Crippen LogP contribution in [0.3, 0.4) is 0 Å². The summed E-state index contributed by atoms with van der Waals surface area (Å²) in [6.07, 6.45) is 0.816. The molecule has 2 nitrogen and oxygen atoms in total. The highest BCUT2D eigenvalue weighted by molar-refractivity contribution is 5.24. The van der Waals surface area contributed by atoms with E-state index in [9.17, 15) is 5.11 Å². The van der Waals surface area contributed by atoms with Gasteiger partial charge in [-0.25, -0.2) is 0 Å². The normalized spacial score (nSPS) is 36.8.